The van der Waals surface area contributed by atoms with Gasteiger partial charge in [-0.1, -0.05) is 41.4 Å². The molecule has 0 aliphatic rings. The second-order valence-electron chi connectivity index (χ2n) is 10.5. The number of alkyl halides is 17. The van der Waals surface area contributed by atoms with E-state index in [-0.39, 0.29) is 17.7 Å². The van der Waals surface area contributed by atoms with Crippen LogP contribution < -0.4 is 4.57 Å². The molecule has 278 valence electrons. The summed E-state index contributed by atoms with van der Waals surface area (Å²) >= 11 is 0. The third-order valence-corrected chi connectivity index (χ3v) is 8.99. The Bertz CT molecular complexity index is 2010. The Labute approximate surface area is 272 Å². The topological polar surface area (TPSA) is 66.7 Å². The molecule has 0 unspecified atom stereocenters. The first kappa shape index (κ1) is 39.3. The average molecular weight is 780 g/mol. The van der Waals surface area contributed by atoms with Crippen LogP contribution in [0.1, 0.15) is 11.1 Å². The first-order chi connectivity index (χ1) is 23.0. The number of rotatable bonds is 11. The molecule has 0 aliphatic carbocycles. The number of aromatic amines is 1. The predicted molar refractivity (Wildman–Crippen MR) is 141 cm³/mol. The van der Waals surface area contributed by atoms with Gasteiger partial charge in [-0.15, -0.1) is 0 Å². The number of hydrogen-bond donors (Lipinski definition) is 1. The van der Waals surface area contributed by atoms with Crippen LogP contribution in [0.25, 0.3) is 29.1 Å². The SMILES string of the molecule is O=S(=O)(c1ccc(/C=C/c2cc[n+](-c3nc4ccccc4[nH]3)cc2)cc1)C(F)(F)C(F)(F)C(F)(F)C(F)(F)C(F)(F)C(F)(F)C(F)(F)C(F)(F)F. The zero-order chi connectivity index (χ0) is 38.9. The Morgan fingerprint density at radius 1 is 0.549 bits per heavy atom. The number of para-hydroxylation sites is 2. The highest BCUT2D eigenvalue weighted by molar-refractivity contribution is 7.92. The lowest BCUT2D eigenvalue weighted by molar-refractivity contribution is -0.603. The van der Waals surface area contributed by atoms with Crippen molar-refractivity contribution < 1.29 is 87.6 Å². The zero-order valence-electron chi connectivity index (χ0n) is 24.1. The summed E-state index contributed by atoms with van der Waals surface area (Å²) in [5, 5.41) is -7.62. The van der Waals surface area contributed by atoms with Gasteiger partial charge in [-0.2, -0.15) is 74.6 Å². The molecule has 4 aromatic rings. The third kappa shape index (κ3) is 5.85. The quantitative estimate of drug-likeness (QED) is 0.122. The highest BCUT2D eigenvalue weighted by atomic mass is 32.2. The fourth-order valence-corrected chi connectivity index (χ4v) is 5.42. The van der Waals surface area contributed by atoms with E-state index in [4.69, 9.17) is 0 Å². The summed E-state index contributed by atoms with van der Waals surface area (Å²) in [6, 6.07) is 11.3. The Morgan fingerprint density at radius 3 is 1.45 bits per heavy atom. The first-order valence-corrected chi connectivity index (χ1v) is 14.7. The van der Waals surface area contributed by atoms with Gasteiger partial charge in [0.1, 0.15) is 5.52 Å². The van der Waals surface area contributed by atoms with Crippen LogP contribution in [0.5, 0.6) is 0 Å². The summed E-state index contributed by atoms with van der Waals surface area (Å²) in [4.78, 5) is 5.35. The molecule has 5 nitrogen and oxygen atoms in total. The number of halogens is 17. The molecule has 2 heterocycles. The van der Waals surface area contributed by atoms with Gasteiger partial charge in [0.15, 0.2) is 5.52 Å². The highest BCUT2D eigenvalue weighted by Gasteiger charge is 2.96. The minimum Gasteiger partial charge on any atom is -0.238 e. The van der Waals surface area contributed by atoms with Gasteiger partial charge in [0.2, 0.25) is 9.84 Å². The highest BCUT2D eigenvalue weighted by Crippen LogP contribution is 2.64. The van der Waals surface area contributed by atoms with Crippen molar-refractivity contribution >= 4 is 33.0 Å². The van der Waals surface area contributed by atoms with Crippen molar-refractivity contribution in [3.05, 3.63) is 84.2 Å². The monoisotopic (exact) mass is 780 g/mol. The van der Waals surface area contributed by atoms with Gasteiger partial charge < -0.3 is 0 Å². The van der Waals surface area contributed by atoms with Crippen LogP contribution in [-0.4, -0.2) is 65.4 Å². The molecule has 0 amide bonds. The molecule has 4 rings (SSSR count). The zero-order valence-corrected chi connectivity index (χ0v) is 24.9. The lowest BCUT2D eigenvalue weighted by Gasteiger charge is -2.42. The van der Waals surface area contributed by atoms with E-state index in [1.807, 2.05) is 0 Å². The van der Waals surface area contributed by atoms with Crippen molar-refractivity contribution in [1.29, 1.82) is 0 Å². The van der Waals surface area contributed by atoms with Gasteiger partial charge in [0, 0.05) is 0 Å². The molecule has 0 saturated carbocycles. The number of benzene rings is 2. The Morgan fingerprint density at radius 2 is 0.980 bits per heavy atom. The summed E-state index contributed by atoms with van der Waals surface area (Å²) in [5.41, 5.74) is 1.70. The molecule has 51 heavy (non-hydrogen) atoms. The number of nitrogens with zero attached hydrogens (tertiary/aromatic N) is 2. The molecular formula is C28H15F17N3O2S+. The number of imidazole rings is 1. The maximum atomic E-state index is 14.6. The molecule has 23 heteroatoms. The molecule has 0 fully saturated rings. The number of H-pyrrole nitrogens is 1. The number of hydrogen-bond acceptors (Lipinski definition) is 3. The molecule has 0 radical (unpaired) electrons. The maximum absolute atomic E-state index is 14.6. The Hall–Kier alpha value is -4.44. The van der Waals surface area contributed by atoms with Crippen LogP contribution in [0.4, 0.5) is 74.6 Å². The second-order valence-corrected chi connectivity index (χ2v) is 12.5. The summed E-state index contributed by atoms with van der Waals surface area (Å²) in [5.74, 6) is -51.5. The van der Waals surface area contributed by atoms with Crippen molar-refractivity contribution in [1.82, 2.24) is 9.97 Å². The fourth-order valence-electron chi connectivity index (χ4n) is 4.17. The van der Waals surface area contributed by atoms with Crippen molar-refractivity contribution in [3.63, 3.8) is 0 Å². The molecule has 0 spiro atoms. The van der Waals surface area contributed by atoms with Gasteiger partial charge in [-0.05, 0) is 47.5 Å². The lowest BCUT2D eigenvalue weighted by atomic mass is 9.91. The van der Waals surface area contributed by atoms with Gasteiger partial charge in [-0.3, -0.25) is 0 Å². The molecular weight excluding hydrogens is 765 g/mol. The summed E-state index contributed by atoms with van der Waals surface area (Å²) in [6.07, 6.45) is -2.34. The van der Waals surface area contributed by atoms with E-state index in [1.54, 1.807) is 28.8 Å². The van der Waals surface area contributed by atoms with E-state index in [1.165, 1.54) is 30.6 Å². The van der Waals surface area contributed by atoms with Crippen LogP contribution in [0.2, 0.25) is 0 Å². The minimum atomic E-state index is -8.89. The maximum Gasteiger partial charge on any atom is 0.460 e. The average Bonchev–Trinajstić information content (AvgIpc) is 3.47. The van der Waals surface area contributed by atoms with Crippen molar-refractivity contribution in [3.8, 4) is 5.95 Å². The Balaban J connectivity index is 1.59. The lowest BCUT2D eigenvalue weighted by Crippen LogP contribution is -2.75. The molecule has 0 saturated heterocycles. The fraction of sp³-hybridized carbons (Fsp3) is 0.286. The molecule has 0 bridgehead atoms. The number of pyridine rings is 1. The van der Waals surface area contributed by atoms with Gasteiger partial charge in [0.05, 0.1) is 17.3 Å². The second kappa shape index (κ2) is 12.1. The van der Waals surface area contributed by atoms with Gasteiger partial charge in [-0.25, -0.2) is 18.0 Å². The summed E-state index contributed by atoms with van der Waals surface area (Å²) in [6.45, 7) is 0. The Kier molecular flexibility index (Phi) is 9.32. The predicted octanol–water partition coefficient (Wildman–Crippen LogP) is 8.75. The van der Waals surface area contributed by atoms with Crippen LogP contribution in [0.15, 0.2) is 78.0 Å². The number of aromatic nitrogens is 3. The van der Waals surface area contributed by atoms with Crippen LogP contribution in [0.3, 0.4) is 0 Å². The number of sulfone groups is 1. The standard InChI is InChI=1S/C28H15F17N3O2S/c29-21(30,23(33,34)25(37,38)27(41,42)43)22(31,32)24(35,36)26(39,40)28(44,45)51(49,50)17-9-7-15(8-10-17)5-6-16-11-13-48(14-12-16)20-46-18-3-1-2-4-19(18)47-20/h1-14H,(H,46,47)/q+1/b6-5+. The van der Waals surface area contributed by atoms with Crippen molar-refractivity contribution in [2.45, 2.75) is 51.9 Å². The molecule has 0 aliphatic heterocycles. The number of fused-ring (bicyclic) bond motifs is 1. The number of nitrogens with one attached hydrogen (secondary N) is 1. The summed E-state index contributed by atoms with van der Waals surface area (Å²) < 4.78 is 257. The molecule has 2 aromatic carbocycles. The largest absolute Gasteiger partial charge is 0.460 e. The van der Waals surface area contributed by atoms with Gasteiger partial charge >= 0.3 is 52.9 Å². The van der Waals surface area contributed by atoms with Gasteiger partial charge in [0.25, 0.3) is 0 Å². The van der Waals surface area contributed by atoms with E-state index in [9.17, 15) is 83.1 Å². The van der Waals surface area contributed by atoms with Crippen LogP contribution in [-0.2, 0) is 9.84 Å². The van der Waals surface area contributed by atoms with E-state index >= 15 is 0 Å². The van der Waals surface area contributed by atoms with E-state index in [2.05, 4.69) is 9.97 Å². The molecule has 2 aromatic heterocycles. The van der Waals surface area contributed by atoms with E-state index in [0.29, 0.717) is 29.2 Å². The van der Waals surface area contributed by atoms with Crippen LogP contribution in [0, 0.1) is 0 Å². The van der Waals surface area contributed by atoms with E-state index in [0.717, 1.165) is 11.6 Å². The smallest absolute Gasteiger partial charge is 0.238 e. The normalized spacial score (nSPS) is 14.8. The summed E-state index contributed by atoms with van der Waals surface area (Å²) in [7, 11) is -7.39. The molecule has 0 atom stereocenters. The first-order valence-electron chi connectivity index (χ1n) is 13.2. The minimum absolute atomic E-state index is 0.0302. The van der Waals surface area contributed by atoms with Crippen molar-refractivity contribution in [2.75, 3.05) is 0 Å². The molecule has 1 N–H and O–H groups in total. The van der Waals surface area contributed by atoms with Crippen LogP contribution >= 0.6 is 0 Å². The van der Waals surface area contributed by atoms with E-state index < -0.39 is 61.7 Å². The van der Waals surface area contributed by atoms with Crippen molar-refractivity contribution in [2.24, 2.45) is 0 Å². The third-order valence-electron chi connectivity index (χ3n) is 7.17.